The molecule has 0 spiro atoms. The largest absolute Gasteiger partial charge is 0.505 e. The van der Waals surface area contributed by atoms with Gasteiger partial charge in [-0.15, -0.1) is 0 Å². The molecule has 1 aromatic heterocycles. The van der Waals surface area contributed by atoms with E-state index in [1.54, 1.807) is 11.0 Å². The van der Waals surface area contributed by atoms with Crippen LogP contribution in [0.15, 0.2) is 18.5 Å². The summed E-state index contributed by atoms with van der Waals surface area (Å²) in [5.41, 5.74) is 0.663. The minimum atomic E-state index is -0.0969. The van der Waals surface area contributed by atoms with Gasteiger partial charge < -0.3 is 10.0 Å². The lowest BCUT2D eigenvalue weighted by Gasteiger charge is -2.36. The minimum absolute atomic E-state index is 0.0395. The van der Waals surface area contributed by atoms with E-state index in [9.17, 15) is 9.90 Å². The van der Waals surface area contributed by atoms with Gasteiger partial charge in [0.2, 0.25) is 0 Å². The molecule has 0 aliphatic carbocycles. The number of pyridine rings is 1. The summed E-state index contributed by atoms with van der Waals surface area (Å²) in [6.45, 7) is 5.96. The zero-order chi connectivity index (χ0) is 12.5. The Labute approximate surface area is 101 Å². The number of piperidine rings is 1. The van der Waals surface area contributed by atoms with Crippen molar-refractivity contribution in [3.63, 3.8) is 0 Å². The highest BCUT2D eigenvalue weighted by Crippen LogP contribution is 2.30. The maximum Gasteiger partial charge on any atom is 0.257 e. The van der Waals surface area contributed by atoms with Gasteiger partial charge >= 0.3 is 0 Å². The molecule has 1 N–H and O–H groups in total. The smallest absolute Gasteiger partial charge is 0.257 e. The number of carbonyl (C=O) groups excluding carboxylic acids is 1. The summed E-state index contributed by atoms with van der Waals surface area (Å²) in [6, 6.07) is 1.57. The van der Waals surface area contributed by atoms with E-state index in [-0.39, 0.29) is 11.7 Å². The first kappa shape index (κ1) is 11.9. The standard InChI is InChI=1S/C13H18N2O2/c1-13(2)4-7-15(8-5-13)12(17)10-3-6-14-9-11(10)16/h3,6,9,16H,4-5,7-8H2,1-2H3. The van der Waals surface area contributed by atoms with Crippen LogP contribution in [0, 0.1) is 5.41 Å². The first-order chi connectivity index (χ1) is 7.99. The van der Waals surface area contributed by atoms with E-state index < -0.39 is 0 Å². The number of aromatic nitrogens is 1. The summed E-state index contributed by atoms with van der Waals surface area (Å²) in [4.78, 5) is 17.8. The number of hydrogen-bond donors (Lipinski definition) is 1. The molecule has 0 unspecified atom stereocenters. The normalized spacial score (nSPS) is 19.1. The van der Waals surface area contributed by atoms with Gasteiger partial charge in [0.15, 0.2) is 0 Å². The molecule has 0 radical (unpaired) electrons. The Morgan fingerprint density at radius 2 is 2.06 bits per heavy atom. The number of hydrogen-bond acceptors (Lipinski definition) is 3. The van der Waals surface area contributed by atoms with Crippen LogP contribution in [0.5, 0.6) is 5.75 Å². The Balaban J connectivity index is 2.10. The van der Waals surface area contributed by atoms with E-state index in [0.29, 0.717) is 11.0 Å². The van der Waals surface area contributed by atoms with Gasteiger partial charge in [-0.05, 0) is 24.3 Å². The van der Waals surface area contributed by atoms with Gasteiger partial charge in [0.1, 0.15) is 5.75 Å². The van der Waals surface area contributed by atoms with Crippen molar-refractivity contribution in [3.8, 4) is 5.75 Å². The van der Waals surface area contributed by atoms with E-state index in [1.165, 1.54) is 12.4 Å². The fraction of sp³-hybridized carbons (Fsp3) is 0.538. The second-order valence-electron chi connectivity index (χ2n) is 5.35. The molecule has 1 aliphatic rings. The van der Waals surface area contributed by atoms with E-state index >= 15 is 0 Å². The molecule has 1 aliphatic heterocycles. The maximum absolute atomic E-state index is 12.2. The van der Waals surface area contributed by atoms with Crippen LogP contribution in [0.3, 0.4) is 0 Å². The summed E-state index contributed by atoms with van der Waals surface area (Å²) < 4.78 is 0. The summed E-state index contributed by atoms with van der Waals surface area (Å²) in [6.07, 6.45) is 4.84. The van der Waals surface area contributed by atoms with E-state index in [0.717, 1.165) is 25.9 Å². The highest BCUT2D eigenvalue weighted by Gasteiger charge is 2.29. The molecule has 4 heteroatoms. The summed E-state index contributed by atoms with van der Waals surface area (Å²) in [5.74, 6) is -0.136. The summed E-state index contributed by atoms with van der Waals surface area (Å²) >= 11 is 0. The molecule has 0 saturated carbocycles. The average Bonchev–Trinajstić information content (AvgIpc) is 2.29. The van der Waals surface area contributed by atoms with Gasteiger partial charge in [-0.2, -0.15) is 0 Å². The molecule has 0 atom stereocenters. The number of carbonyl (C=O) groups is 1. The van der Waals surface area contributed by atoms with Crippen molar-refractivity contribution in [2.24, 2.45) is 5.41 Å². The molecule has 0 aromatic carbocycles. The molecule has 2 rings (SSSR count). The molecule has 17 heavy (non-hydrogen) atoms. The number of nitrogens with zero attached hydrogens (tertiary/aromatic N) is 2. The summed E-state index contributed by atoms with van der Waals surface area (Å²) in [7, 11) is 0. The lowest BCUT2D eigenvalue weighted by Crippen LogP contribution is -2.41. The third-order valence-corrected chi connectivity index (χ3v) is 3.43. The third-order valence-electron chi connectivity index (χ3n) is 3.43. The van der Waals surface area contributed by atoms with Crippen LogP contribution in [0.1, 0.15) is 37.0 Å². The van der Waals surface area contributed by atoms with Crippen molar-refractivity contribution in [1.82, 2.24) is 9.88 Å². The number of aromatic hydroxyl groups is 1. The van der Waals surface area contributed by atoms with Crippen molar-refractivity contribution in [3.05, 3.63) is 24.0 Å². The van der Waals surface area contributed by atoms with Crippen molar-refractivity contribution in [2.45, 2.75) is 26.7 Å². The molecule has 1 amide bonds. The van der Waals surface area contributed by atoms with E-state index in [4.69, 9.17) is 0 Å². The Morgan fingerprint density at radius 3 is 2.65 bits per heavy atom. The Hall–Kier alpha value is -1.58. The van der Waals surface area contributed by atoms with Crippen LogP contribution in [0.2, 0.25) is 0 Å². The predicted molar refractivity (Wildman–Crippen MR) is 64.8 cm³/mol. The zero-order valence-corrected chi connectivity index (χ0v) is 10.3. The molecule has 1 fully saturated rings. The fourth-order valence-electron chi connectivity index (χ4n) is 2.05. The Morgan fingerprint density at radius 1 is 1.41 bits per heavy atom. The molecule has 2 heterocycles. The number of rotatable bonds is 1. The molecular weight excluding hydrogens is 216 g/mol. The van der Waals surface area contributed by atoms with Gasteiger partial charge in [0, 0.05) is 19.3 Å². The van der Waals surface area contributed by atoms with Gasteiger partial charge in [-0.3, -0.25) is 9.78 Å². The maximum atomic E-state index is 12.2. The lowest BCUT2D eigenvalue weighted by molar-refractivity contribution is 0.0627. The summed E-state index contributed by atoms with van der Waals surface area (Å²) in [5, 5.41) is 9.60. The van der Waals surface area contributed by atoms with Crippen molar-refractivity contribution in [2.75, 3.05) is 13.1 Å². The molecule has 0 bridgehead atoms. The van der Waals surface area contributed by atoms with Crippen molar-refractivity contribution in [1.29, 1.82) is 0 Å². The second-order valence-corrected chi connectivity index (χ2v) is 5.35. The monoisotopic (exact) mass is 234 g/mol. The van der Waals surface area contributed by atoms with Gasteiger partial charge in [0.25, 0.3) is 5.91 Å². The van der Waals surface area contributed by atoms with Crippen molar-refractivity contribution < 1.29 is 9.90 Å². The topological polar surface area (TPSA) is 53.4 Å². The van der Waals surface area contributed by atoms with Gasteiger partial charge in [-0.1, -0.05) is 13.8 Å². The Bertz CT molecular complexity index is 419. The average molecular weight is 234 g/mol. The molecule has 4 nitrogen and oxygen atoms in total. The molecule has 1 saturated heterocycles. The Kier molecular flexibility index (Phi) is 3.05. The lowest BCUT2D eigenvalue weighted by atomic mass is 9.82. The van der Waals surface area contributed by atoms with Crippen LogP contribution in [0.25, 0.3) is 0 Å². The SMILES string of the molecule is CC1(C)CCN(C(=O)c2ccncc2O)CC1. The van der Waals surface area contributed by atoms with Crippen LogP contribution in [0.4, 0.5) is 0 Å². The van der Waals surface area contributed by atoms with E-state index in [1.807, 2.05) is 0 Å². The first-order valence-corrected chi connectivity index (χ1v) is 5.92. The van der Waals surface area contributed by atoms with Crippen LogP contribution in [-0.4, -0.2) is 34.0 Å². The molecule has 1 aromatic rings. The number of amides is 1. The highest BCUT2D eigenvalue weighted by molar-refractivity contribution is 5.96. The van der Waals surface area contributed by atoms with Crippen LogP contribution >= 0.6 is 0 Å². The van der Waals surface area contributed by atoms with Crippen LogP contribution < -0.4 is 0 Å². The van der Waals surface area contributed by atoms with Crippen molar-refractivity contribution >= 4 is 5.91 Å². The molecular formula is C13H18N2O2. The second kappa shape index (κ2) is 4.35. The van der Waals surface area contributed by atoms with Crippen LogP contribution in [-0.2, 0) is 0 Å². The van der Waals surface area contributed by atoms with Gasteiger partial charge in [-0.25, -0.2) is 0 Å². The fourth-order valence-corrected chi connectivity index (χ4v) is 2.05. The minimum Gasteiger partial charge on any atom is -0.505 e. The first-order valence-electron chi connectivity index (χ1n) is 5.92. The van der Waals surface area contributed by atoms with E-state index in [2.05, 4.69) is 18.8 Å². The number of likely N-dealkylation sites (tertiary alicyclic amines) is 1. The molecule has 92 valence electrons. The van der Waals surface area contributed by atoms with Gasteiger partial charge in [0.05, 0.1) is 11.8 Å². The quantitative estimate of drug-likeness (QED) is 0.809. The zero-order valence-electron chi connectivity index (χ0n) is 10.3. The third kappa shape index (κ3) is 2.57. The predicted octanol–water partition coefficient (Wildman–Crippen LogP) is 2.05. The highest BCUT2D eigenvalue weighted by atomic mass is 16.3.